The Morgan fingerprint density at radius 2 is 1.50 bits per heavy atom. The van der Waals surface area contributed by atoms with Crippen LogP contribution in [-0.4, -0.2) is 29.0 Å². The Bertz CT molecular complexity index is 680. The summed E-state index contributed by atoms with van der Waals surface area (Å²) in [5.41, 5.74) is 1.04. The molecule has 0 aliphatic carbocycles. The van der Waals surface area contributed by atoms with Gasteiger partial charge in [-0.05, 0) is 48.6 Å². The largest absolute Gasteiger partial charge is 0.274 e. The molecule has 22 heavy (non-hydrogen) atoms. The quantitative estimate of drug-likeness (QED) is 0.445. The summed E-state index contributed by atoms with van der Waals surface area (Å²) in [6.45, 7) is 0.468. The van der Waals surface area contributed by atoms with E-state index < -0.39 is 0 Å². The second kappa shape index (κ2) is 6.67. The maximum atomic E-state index is 12.2. The van der Waals surface area contributed by atoms with Gasteiger partial charge in [-0.1, -0.05) is 28.1 Å². The number of hydrogen-bond donors (Lipinski definition) is 0. The van der Waals surface area contributed by atoms with Crippen LogP contribution in [0.4, 0.5) is 0 Å². The fraction of sp³-hybridized carbons (Fsp3) is 0.176. The number of benzene rings is 2. The van der Waals surface area contributed by atoms with Gasteiger partial charge in [0, 0.05) is 15.9 Å². The van der Waals surface area contributed by atoms with Crippen molar-refractivity contribution >= 4 is 39.5 Å². The number of thioether (sulfide) groups is 1. The van der Waals surface area contributed by atoms with Gasteiger partial charge in [0.25, 0.3) is 11.8 Å². The predicted molar refractivity (Wildman–Crippen MR) is 91.3 cm³/mol. The fourth-order valence-corrected chi connectivity index (χ4v) is 3.49. The summed E-state index contributed by atoms with van der Waals surface area (Å²) >= 11 is 5.14. The average Bonchev–Trinajstić information content (AvgIpc) is 2.78. The maximum absolute atomic E-state index is 12.2. The van der Waals surface area contributed by atoms with E-state index in [2.05, 4.69) is 28.1 Å². The summed E-state index contributed by atoms with van der Waals surface area (Å²) in [7, 11) is 0. The molecule has 0 N–H and O–H groups in total. The first-order chi connectivity index (χ1) is 10.7. The normalized spacial score (nSPS) is 13.6. The number of amides is 2. The van der Waals surface area contributed by atoms with Crippen molar-refractivity contribution in [1.82, 2.24) is 4.90 Å². The summed E-state index contributed by atoms with van der Waals surface area (Å²) in [5.74, 6) is 0.526. The predicted octanol–water partition coefficient (Wildman–Crippen LogP) is 4.23. The highest BCUT2D eigenvalue weighted by molar-refractivity contribution is 9.10. The summed E-state index contributed by atoms with van der Waals surface area (Å²) < 4.78 is 1.06. The van der Waals surface area contributed by atoms with E-state index in [4.69, 9.17) is 0 Å². The molecule has 0 fully saturated rings. The molecule has 0 bridgehead atoms. The zero-order chi connectivity index (χ0) is 15.5. The Morgan fingerprint density at radius 1 is 0.909 bits per heavy atom. The molecule has 0 spiro atoms. The van der Waals surface area contributed by atoms with Crippen molar-refractivity contribution < 1.29 is 9.59 Å². The number of carbonyl (C=O) groups is 2. The van der Waals surface area contributed by atoms with Crippen molar-refractivity contribution in [3.63, 3.8) is 0 Å². The molecule has 0 aromatic heterocycles. The summed E-state index contributed by atoms with van der Waals surface area (Å²) in [6.07, 6.45) is 0.784. The third kappa shape index (κ3) is 3.10. The Morgan fingerprint density at radius 3 is 2.09 bits per heavy atom. The number of hydrogen-bond acceptors (Lipinski definition) is 3. The summed E-state index contributed by atoms with van der Waals surface area (Å²) in [4.78, 5) is 26.9. The van der Waals surface area contributed by atoms with Gasteiger partial charge in [-0.3, -0.25) is 14.5 Å². The lowest BCUT2D eigenvalue weighted by atomic mass is 10.1. The van der Waals surface area contributed by atoms with Gasteiger partial charge in [0.15, 0.2) is 0 Å². The van der Waals surface area contributed by atoms with Crippen LogP contribution in [0.2, 0.25) is 0 Å². The Kier molecular flexibility index (Phi) is 4.64. The minimum Gasteiger partial charge on any atom is -0.274 e. The smallest absolute Gasteiger partial charge is 0.261 e. The molecule has 0 saturated heterocycles. The lowest BCUT2D eigenvalue weighted by molar-refractivity contribution is 0.0655. The van der Waals surface area contributed by atoms with Crippen molar-refractivity contribution in [2.24, 2.45) is 0 Å². The van der Waals surface area contributed by atoms with Crippen LogP contribution in [0.15, 0.2) is 57.9 Å². The SMILES string of the molecule is O=C1c2ccccc2C(=O)N1CCCSc1ccc(Br)cc1. The number of rotatable bonds is 5. The van der Waals surface area contributed by atoms with E-state index in [9.17, 15) is 9.59 Å². The van der Waals surface area contributed by atoms with E-state index in [1.807, 2.05) is 12.1 Å². The first-order valence-corrected chi connectivity index (χ1v) is 8.78. The third-order valence-corrected chi connectivity index (χ3v) is 5.11. The first-order valence-electron chi connectivity index (χ1n) is 7.00. The van der Waals surface area contributed by atoms with E-state index in [-0.39, 0.29) is 11.8 Å². The zero-order valence-electron chi connectivity index (χ0n) is 11.8. The molecular formula is C17H14BrNO2S. The summed E-state index contributed by atoms with van der Waals surface area (Å²) in [6, 6.07) is 15.1. The molecule has 0 saturated carbocycles. The molecule has 0 unspecified atom stereocenters. The van der Waals surface area contributed by atoms with E-state index in [1.54, 1.807) is 36.0 Å². The van der Waals surface area contributed by atoms with Crippen LogP contribution in [-0.2, 0) is 0 Å². The fourth-order valence-electron chi connectivity index (χ4n) is 2.39. The third-order valence-electron chi connectivity index (χ3n) is 3.49. The molecule has 0 radical (unpaired) electrons. The highest BCUT2D eigenvalue weighted by Crippen LogP contribution is 2.24. The van der Waals surface area contributed by atoms with Crippen LogP contribution in [0.1, 0.15) is 27.1 Å². The molecule has 5 heteroatoms. The molecular weight excluding hydrogens is 362 g/mol. The van der Waals surface area contributed by atoms with Crippen LogP contribution in [0.3, 0.4) is 0 Å². The molecule has 3 rings (SSSR count). The molecule has 1 aliphatic rings. The van der Waals surface area contributed by atoms with Crippen LogP contribution < -0.4 is 0 Å². The Balaban J connectivity index is 1.54. The Labute approximate surface area is 141 Å². The van der Waals surface area contributed by atoms with Gasteiger partial charge >= 0.3 is 0 Å². The van der Waals surface area contributed by atoms with E-state index in [0.717, 1.165) is 16.6 Å². The minimum absolute atomic E-state index is 0.172. The van der Waals surface area contributed by atoms with Crippen molar-refractivity contribution in [2.45, 2.75) is 11.3 Å². The van der Waals surface area contributed by atoms with Crippen LogP contribution in [0.5, 0.6) is 0 Å². The van der Waals surface area contributed by atoms with E-state index in [0.29, 0.717) is 17.7 Å². The van der Waals surface area contributed by atoms with Gasteiger partial charge in [-0.2, -0.15) is 0 Å². The summed E-state index contributed by atoms with van der Waals surface area (Å²) in [5, 5.41) is 0. The van der Waals surface area contributed by atoms with Gasteiger partial charge in [-0.25, -0.2) is 0 Å². The average molecular weight is 376 g/mol. The van der Waals surface area contributed by atoms with Gasteiger partial charge in [-0.15, -0.1) is 11.8 Å². The first kappa shape index (κ1) is 15.3. The van der Waals surface area contributed by atoms with Gasteiger partial charge in [0.1, 0.15) is 0 Å². The number of halogens is 1. The maximum Gasteiger partial charge on any atom is 0.261 e. The number of imide groups is 1. The standard InChI is InChI=1S/C17H14BrNO2S/c18-12-6-8-13(9-7-12)22-11-3-10-19-16(20)14-4-1-2-5-15(14)17(19)21/h1-2,4-9H,3,10-11H2. The van der Waals surface area contributed by atoms with Gasteiger partial charge in [0.2, 0.25) is 0 Å². The molecule has 112 valence electrons. The van der Waals surface area contributed by atoms with Crippen LogP contribution >= 0.6 is 27.7 Å². The number of carbonyl (C=O) groups excluding carboxylic acids is 2. The second-order valence-electron chi connectivity index (χ2n) is 4.96. The lowest BCUT2D eigenvalue weighted by Gasteiger charge is -2.13. The van der Waals surface area contributed by atoms with Gasteiger partial charge < -0.3 is 0 Å². The molecule has 0 atom stereocenters. The van der Waals surface area contributed by atoms with Crippen molar-refractivity contribution in [3.05, 3.63) is 64.1 Å². The molecule has 2 amide bonds. The molecule has 1 aliphatic heterocycles. The Hall–Kier alpha value is -1.59. The van der Waals surface area contributed by atoms with E-state index >= 15 is 0 Å². The lowest BCUT2D eigenvalue weighted by Crippen LogP contribution is -2.30. The topological polar surface area (TPSA) is 37.4 Å². The minimum atomic E-state index is -0.172. The van der Waals surface area contributed by atoms with Crippen molar-refractivity contribution in [3.8, 4) is 0 Å². The van der Waals surface area contributed by atoms with E-state index in [1.165, 1.54) is 9.80 Å². The molecule has 3 nitrogen and oxygen atoms in total. The number of nitrogens with zero attached hydrogens (tertiary/aromatic N) is 1. The monoisotopic (exact) mass is 375 g/mol. The van der Waals surface area contributed by atoms with Crippen molar-refractivity contribution in [1.29, 1.82) is 0 Å². The molecule has 2 aromatic rings. The zero-order valence-corrected chi connectivity index (χ0v) is 14.2. The second-order valence-corrected chi connectivity index (χ2v) is 7.05. The molecule has 2 aromatic carbocycles. The molecule has 1 heterocycles. The van der Waals surface area contributed by atoms with Crippen LogP contribution in [0, 0.1) is 0 Å². The highest BCUT2D eigenvalue weighted by atomic mass is 79.9. The highest BCUT2D eigenvalue weighted by Gasteiger charge is 2.34. The number of fused-ring (bicyclic) bond motifs is 1. The van der Waals surface area contributed by atoms with Crippen molar-refractivity contribution in [2.75, 3.05) is 12.3 Å². The van der Waals surface area contributed by atoms with Crippen LogP contribution in [0.25, 0.3) is 0 Å². The van der Waals surface area contributed by atoms with Gasteiger partial charge in [0.05, 0.1) is 11.1 Å².